The van der Waals surface area contributed by atoms with Gasteiger partial charge in [-0.25, -0.2) is 0 Å². The zero-order valence-electron chi connectivity index (χ0n) is 14.1. The van der Waals surface area contributed by atoms with Crippen molar-refractivity contribution in [1.82, 2.24) is 0 Å². The van der Waals surface area contributed by atoms with E-state index in [9.17, 15) is 9.59 Å². The van der Waals surface area contributed by atoms with Crippen LogP contribution in [0.15, 0.2) is 30.3 Å². The van der Waals surface area contributed by atoms with Gasteiger partial charge < -0.3 is 9.47 Å². The summed E-state index contributed by atoms with van der Waals surface area (Å²) in [5.41, 5.74) is 1.16. The van der Waals surface area contributed by atoms with Gasteiger partial charge in [-0.15, -0.1) is 0 Å². The van der Waals surface area contributed by atoms with E-state index >= 15 is 0 Å². The molecule has 128 valence electrons. The van der Waals surface area contributed by atoms with Crippen LogP contribution >= 0.6 is 0 Å². The van der Waals surface area contributed by atoms with E-state index in [4.69, 9.17) is 9.47 Å². The molecule has 4 nitrogen and oxygen atoms in total. The smallest absolute Gasteiger partial charge is 0.305 e. The van der Waals surface area contributed by atoms with Crippen LogP contribution in [0, 0.1) is 0 Å². The van der Waals surface area contributed by atoms with E-state index in [0.29, 0.717) is 38.9 Å². The molecule has 0 radical (unpaired) electrons. The highest BCUT2D eigenvalue weighted by molar-refractivity contribution is 5.70. The maximum Gasteiger partial charge on any atom is 0.305 e. The quantitative estimate of drug-likeness (QED) is 0.430. The summed E-state index contributed by atoms with van der Waals surface area (Å²) in [6.07, 6.45) is 5.93. The fraction of sp³-hybridized carbons (Fsp3) is 0.579. The van der Waals surface area contributed by atoms with Gasteiger partial charge in [-0.3, -0.25) is 9.59 Å². The molecule has 0 amide bonds. The highest BCUT2D eigenvalue weighted by Crippen LogP contribution is 2.05. The molecule has 0 spiro atoms. The minimum Gasteiger partial charge on any atom is -0.466 e. The number of carbonyl (C=O) groups is 2. The van der Waals surface area contributed by atoms with Crippen LogP contribution in [0.5, 0.6) is 0 Å². The van der Waals surface area contributed by atoms with E-state index in [0.717, 1.165) is 31.2 Å². The first kappa shape index (κ1) is 19.2. The minimum absolute atomic E-state index is 0.168. The number of benzene rings is 1. The van der Waals surface area contributed by atoms with Crippen molar-refractivity contribution in [2.75, 3.05) is 13.2 Å². The van der Waals surface area contributed by atoms with E-state index < -0.39 is 0 Å². The summed E-state index contributed by atoms with van der Waals surface area (Å²) < 4.78 is 10.3. The van der Waals surface area contributed by atoms with Crippen LogP contribution in [0.1, 0.15) is 57.4 Å². The summed E-state index contributed by atoms with van der Waals surface area (Å²) in [5.74, 6) is -0.365. The maximum absolute atomic E-state index is 11.6. The second kappa shape index (κ2) is 12.7. The highest BCUT2D eigenvalue weighted by atomic mass is 16.5. The predicted molar refractivity (Wildman–Crippen MR) is 90.1 cm³/mol. The average molecular weight is 320 g/mol. The lowest BCUT2D eigenvalue weighted by Crippen LogP contribution is -2.09. The van der Waals surface area contributed by atoms with E-state index in [1.54, 1.807) is 0 Å². The fourth-order valence-corrected chi connectivity index (χ4v) is 2.15. The first-order valence-electron chi connectivity index (χ1n) is 8.57. The van der Waals surface area contributed by atoms with Crippen molar-refractivity contribution < 1.29 is 19.1 Å². The van der Waals surface area contributed by atoms with Crippen molar-refractivity contribution in [2.45, 2.75) is 58.3 Å². The lowest BCUT2D eigenvalue weighted by Gasteiger charge is -2.06. The van der Waals surface area contributed by atoms with Gasteiger partial charge in [0.1, 0.15) is 0 Å². The van der Waals surface area contributed by atoms with E-state index in [1.807, 2.05) is 30.3 Å². The number of esters is 2. The number of ether oxygens (including phenoxy) is 2. The Morgan fingerprint density at radius 1 is 0.826 bits per heavy atom. The summed E-state index contributed by atoms with van der Waals surface area (Å²) in [4.78, 5) is 23.0. The second-order valence-electron chi connectivity index (χ2n) is 5.59. The summed E-state index contributed by atoms with van der Waals surface area (Å²) in [6.45, 7) is 3.03. The first-order valence-corrected chi connectivity index (χ1v) is 8.57. The van der Waals surface area contributed by atoms with Crippen molar-refractivity contribution in [2.24, 2.45) is 0 Å². The lowest BCUT2D eigenvalue weighted by molar-refractivity contribution is -0.146. The molecule has 1 rings (SSSR count). The molecule has 0 aliphatic carbocycles. The zero-order chi connectivity index (χ0) is 16.8. The van der Waals surface area contributed by atoms with Gasteiger partial charge >= 0.3 is 11.9 Å². The molecule has 1 aromatic carbocycles. The van der Waals surface area contributed by atoms with Crippen LogP contribution in [0.4, 0.5) is 0 Å². The van der Waals surface area contributed by atoms with Crippen molar-refractivity contribution in [3.63, 3.8) is 0 Å². The molecule has 0 atom stereocenters. The molecule has 0 saturated heterocycles. The number of rotatable bonds is 12. The maximum atomic E-state index is 11.6. The van der Waals surface area contributed by atoms with Gasteiger partial charge in [0.15, 0.2) is 0 Å². The van der Waals surface area contributed by atoms with Gasteiger partial charge in [0, 0.05) is 19.3 Å². The molecular formula is C19H28O4. The molecule has 0 aliphatic heterocycles. The largest absolute Gasteiger partial charge is 0.466 e. The van der Waals surface area contributed by atoms with Gasteiger partial charge in [0.2, 0.25) is 0 Å². The third-order valence-electron chi connectivity index (χ3n) is 3.52. The van der Waals surface area contributed by atoms with E-state index in [2.05, 4.69) is 6.92 Å². The van der Waals surface area contributed by atoms with Crippen LogP contribution in [-0.4, -0.2) is 25.2 Å². The second-order valence-corrected chi connectivity index (χ2v) is 5.59. The molecule has 0 N–H and O–H groups in total. The molecule has 0 saturated carbocycles. The Labute approximate surface area is 139 Å². The topological polar surface area (TPSA) is 52.6 Å². The molecular weight excluding hydrogens is 292 g/mol. The molecule has 0 heterocycles. The SMILES string of the molecule is CCCCCOC(=O)CCCCC(=O)OCCc1ccccc1. The number of carbonyl (C=O) groups excluding carboxylic acids is 2. The fourth-order valence-electron chi connectivity index (χ4n) is 2.15. The van der Waals surface area contributed by atoms with Crippen LogP contribution in [0.2, 0.25) is 0 Å². The standard InChI is InChI=1S/C19H28O4/c1-2-3-9-15-22-18(20)12-7-8-13-19(21)23-16-14-17-10-5-4-6-11-17/h4-6,10-11H,2-3,7-9,12-16H2,1H3. The van der Waals surface area contributed by atoms with E-state index in [-0.39, 0.29) is 11.9 Å². The normalized spacial score (nSPS) is 10.3. The number of hydrogen-bond acceptors (Lipinski definition) is 4. The monoisotopic (exact) mass is 320 g/mol. The minimum atomic E-state index is -0.197. The third-order valence-corrected chi connectivity index (χ3v) is 3.52. The van der Waals surface area contributed by atoms with Gasteiger partial charge in [-0.05, 0) is 24.8 Å². The molecule has 4 heteroatoms. The average Bonchev–Trinajstić information content (AvgIpc) is 2.57. The summed E-state index contributed by atoms with van der Waals surface area (Å²) in [6, 6.07) is 9.93. The number of hydrogen-bond donors (Lipinski definition) is 0. The molecule has 0 unspecified atom stereocenters. The van der Waals surface area contributed by atoms with Crippen LogP contribution < -0.4 is 0 Å². The lowest BCUT2D eigenvalue weighted by atomic mass is 10.2. The van der Waals surface area contributed by atoms with Crippen LogP contribution in [0.25, 0.3) is 0 Å². The van der Waals surface area contributed by atoms with Crippen LogP contribution in [0.3, 0.4) is 0 Å². The van der Waals surface area contributed by atoms with Crippen molar-refractivity contribution in [1.29, 1.82) is 0 Å². The van der Waals surface area contributed by atoms with Crippen molar-refractivity contribution in [3.05, 3.63) is 35.9 Å². The van der Waals surface area contributed by atoms with Crippen LogP contribution in [-0.2, 0) is 25.5 Å². The first-order chi connectivity index (χ1) is 11.2. The zero-order valence-corrected chi connectivity index (χ0v) is 14.1. The Kier molecular flexibility index (Phi) is 10.6. The van der Waals surface area contributed by atoms with Crippen molar-refractivity contribution >= 4 is 11.9 Å². The predicted octanol–water partition coefficient (Wildman–Crippen LogP) is 4.07. The Bertz CT molecular complexity index is 442. The third kappa shape index (κ3) is 10.5. The van der Waals surface area contributed by atoms with Gasteiger partial charge in [0.05, 0.1) is 13.2 Å². The molecule has 1 aromatic rings. The summed E-state index contributed by atoms with van der Waals surface area (Å²) in [5, 5.41) is 0. The van der Waals surface area contributed by atoms with Gasteiger partial charge in [-0.2, -0.15) is 0 Å². The Hall–Kier alpha value is -1.84. The Morgan fingerprint density at radius 3 is 2.04 bits per heavy atom. The molecule has 0 bridgehead atoms. The molecule has 0 aliphatic rings. The van der Waals surface area contributed by atoms with Gasteiger partial charge in [0.25, 0.3) is 0 Å². The molecule has 23 heavy (non-hydrogen) atoms. The molecule has 0 aromatic heterocycles. The Balaban J connectivity index is 1.96. The molecule has 0 fully saturated rings. The van der Waals surface area contributed by atoms with Crippen molar-refractivity contribution in [3.8, 4) is 0 Å². The van der Waals surface area contributed by atoms with Gasteiger partial charge in [-0.1, -0.05) is 50.1 Å². The Morgan fingerprint density at radius 2 is 1.43 bits per heavy atom. The summed E-state index contributed by atoms with van der Waals surface area (Å²) in [7, 11) is 0. The van der Waals surface area contributed by atoms with E-state index in [1.165, 1.54) is 0 Å². The number of unbranched alkanes of at least 4 members (excludes halogenated alkanes) is 3. The summed E-state index contributed by atoms with van der Waals surface area (Å²) >= 11 is 0. The highest BCUT2D eigenvalue weighted by Gasteiger charge is 2.06.